The van der Waals surface area contributed by atoms with Gasteiger partial charge in [-0.1, -0.05) is 195 Å². The van der Waals surface area contributed by atoms with Gasteiger partial charge in [0.25, 0.3) is 0 Å². The Labute approximate surface area is 373 Å². The van der Waals surface area contributed by atoms with E-state index in [-0.39, 0.29) is 24.0 Å². The van der Waals surface area contributed by atoms with Gasteiger partial charge in [-0.25, -0.2) is 0 Å². The van der Waals surface area contributed by atoms with E-state index in [4.69, 9.17) is 14.2 Å². The zero-order chi connectivity index (χ0) is 44.3. The molecule has 0 aliphatic rings. The number of rotatable bonds is 46. The lowest BCUT2D eigenvalue weighted by molar-refractivity contribution is -0.150. The topological polar surface area (TPSA) is 82.1 Å². The number of hydrogen-bond donors (Lipinski definition) is 0. The van der Waals surface area contributed by atoms with E-state index < -0.39 is 0 Å². The van der Waals surface area contributed by atoms with Crippen LogP contribution in [-0.2, 0) is 28.6 Å². The molecule has 0 aliphatic heterocycles. The molecule has 356 valence electrons. The predicted octanol–water partition coefficient (Wildman–Crippen LogP) is 15.7. The largest absolute Gasteiger partial charge is 0.465 e. The summed E-state index contributed by atoms with van der Waals surface area (Å²) in [6.07, 6.45) is 41.6. The van der Waals surface area contributed by atoms with Gasteiger partial charge in [0.1, 0.15) is 6.10 Å². The molecule has 0 bridgehead atoms. The highest BCUT2D eigenvalue weighted by Crippen LogP contribution is 2.20. The van der Waals surface area contributed by atoms with E-state index in [0.29, 0.717) is 50.4 Å². The summed E-state index contributed by atoms with van der Waals surface area (Å²) in [6.45, 7) is 15.2. The standard InChI is InChI=1S/C53H103NO6/c1-8-48(9-2)45-58-51(55)41-36-32-28-24-20-15-13-12-14-18-22-26-30-34-39-50(60-53(57)43-38-44-54(7)47(5)6)40-35-31-27-23-19-16-17-21-25-29-33-37-42-52(56)59-46-49(10-3)11-4/h47-50H,8-46H2,1-7H3. The second-order valence-corrected chi connectivity index (χ2v) is 18.8. The molecule has 7 heteroatoms. The van der Waals surface area contributed by atoms with Gasteiger partial charge in [-0.2, -0.15) is 0 Å². The van der Waals surface area contributed by atoms with Crippen molar-refractivity contribution >= 4 is 17.9 Å². The van der Waals surface area contributed by atoms with Gasteiger partial charge in [-0.05, 0) is 84.2 Å². The van der Waals surface area contributed by atoms with Crippen LogP contribution in [0.3, 0.4) is 0 Å². The molecule has 60 heavy (non-hydrogen) atoms. The minimum absolute atomic E-state index is 0.00277. The molecule has 0 rings (SSSR count). The molecule has 0 radical (unpaired) electrons. The molecule has 1 unspecified atom stereocenters. The molecule has 0 saturated carbocycles. The molecule has 0 aliphatic carbocycles. The lowest BCUT2D eigenvalue weighted by Gasteiger charge is -2.21. The van der Waals surface area contributed by atoms with Crippen molar-refractivity contribution in [2.24, 2.45) is 11.8 Å². The van der Waals surface area contributed by atoms with Gasteiger partial charge in [0.05, 0.1) is 13.2 Å². The van der Waals surface area contributed by atoms with Crippen molar-refractivity contribution in [2.45, 2.75) is 285 Å². The van der Waals surface area contributed by atoms with Crippen LogP contribution in [0.1, 0.15) is 273 Å². The lowest BCUT2D eigenvalue weighted by Crippen LogP contribution is -2.28. The van der Waals surface area contributed by atoms with E-state index in [1.165, 1.54) is 135 Å². The van der Waals surface area contributed by atoms with Crippen molar-refractivity contribution in [1.82, 2.24) is 4.90 Å². The first-order valence-electron chi connectivity index (χ1n) is 26.4. The number of esters is 3. The van der Waals surface area contributed by atoms with Gasteiger partial charge < -0.3 is 19.1 Å². The van der Waals surface area contributed by atoms with Crippen LogP contribution in [0.25, 0.3) is 0 Å². The Morgan fingerprint density at radius 3 is 0.983 bits per heavy atom. The minimum atomic E-state index is -0.0156. The summed E-state index contributed by atoms with van der Waals surface area (Å²) in [5.74, 6) is 0.994. The van der Waals surface area contributed by atoms with Crippen LogP contribution in [0, 0.1) is 11.8 Å². The molecule has 0 saturated heterocycles. The summed E-state index contributed by atoms with van der Waals surface area (Å²) in [5, 5.41) is 0. The smallest absolute Gasteiger partial charge is 0.306 e. The van der Waals surface area contributed by atoms with E-state index in [1.54, 1.807) is 0 Å². The molecule has 0 N–H and O–H groups in total. The third kappa shape index (κ3) is 39.2. The van der Waals surface area contributed by atoms with Crippen LogP contribution in [0.15, 0.2) is 0 Å². The van der Waals surface area contributed by atoms with E-state index in [1.807, 2.05) is 0 Å². The van der Waals surface area contributed by atoms with Gasteiger partial charge in [0.15, 0.2) is 0 Å². The van der Waals surface area contributed by atoms with Crippen LogP contribution in [0.4, 0.5) is 0 Å². The quantitative estimate of drug-likeness (QED) is 0.0343. The van der Waals surface area contributed by atoms with Crippen LogP contribution in [0.5, 0.6) is 0 Å². The van der Waals surface area contributed by atoms with E-state index in [0.717, 1.165) is 83.6 Å². The highest BCUT2D eigenvalue weighted by atomic mass is 16.5. The third-order valence-electron chi connectivity index (χ3n) is 13.2. The van der Waals surface area contributed by atoms with Crippen molar-refractivity contribution in [3.8, 4) is 0 Å². The number of ether oxygens (including phenoxy) is 3. The molecule has 0 spiro atoms. The molecule has 1 atom stereocenters. The number of carbonyl (C=O) groups is 3. The molecule has 0 heterocycles. The van der Waals surface area contributed by atoms with Crippen LogP contribution in [-0.4, -0.2) is 61.8 Å². The van der Waals surface area contributed by atoms with Gasteiger partial charge in [0.2, 0.25) is 0 Å². The first kappa shape index (κ1) is 58.4. The van der Waals surface area contributed by atoms with Crippen LogP contribution in [0.2, 0.25) is 0 Å². The van der Waals surface area contributed by atoms with Crippen LogP contribution >= 0.6 is 0 Å². The summed E-state index contributed by atoms with van der Waals surface area (Å²) in [6, 6.07) is 0.499. The van der Waals surface area contributed by atoms with Crippen LogP contribution < -0.4 is 0 Å². The maximum Gasteiger partial charge on any atom is 0.306 e. The first-order chi connectivity index (χ1) is 29.2. The second kappa shape index (κ2) is 44.0. The number of hydrogen-bond acceptors (Lipinski definition) is 7. The Kier molecular flexibility index (Phi) is 42.8. The fourth-order valence-electron chi connectivity index (χ4n) is 8.02. The maximum atomic E-state index is 12.8. The number of carbonyl (C=O) groups excluding carboxylic acids is 3. The Morgan fingerprint density at radius 2 is 0.683 bits per heavy atom. The van der Waals surface area contributed by atoms with E-state index in [2.05, 4.69) is 53.5 Å². The zero-order valence-electron chi connectivity index (χ0n) is 41.3. The van der Waals surface area contributed by atoms with Crippen molar-refractivity contribution in [2.75, 3.05) is 26.8 Å². The Morgan fingerprint density at radius 1 is 0.400 bits per heavy atom. The summed E-state index contributed by atoms with van der Waals surface area (Å²) >= 11 is 0. The monoisotopic (exact) mass is 850 g/mol. The summed E-state index contributed by atoms with van der Waals surface area (Å²) in [4.78, 5) is 39.0. The van der Waals surface area contributed by atoms with Gasteiger partial charge >= 0.3 is 17.9 Å². The summed E-state index contributed by atoms with van der Waals surface area (Å²) < 4.78 is 17.0. The van der Waals surface area contributed by atoms with Crippen molar-refractivity contribution in [3.63, 3.8) is 0 Å². The highest BCUT2D eigenvalue weighted by Gasteiger charge is 2.15. The molecule has 0 amide bonds. The first-order valence-corrected chi connectivity index (χ1v) is 26.4. The summed E-state index contributed by atoms with van der Waals surface area (Å²) in [5.41, 5.74) is 0. The molecular weight excluding hydrogens is 747 g/mol. The minimum Gasteiger partial charge on any atom is -0.465 e. The number of unbranched alkanes of at least 4 members (excludes halogenated alkanes) is 24. The number of nitrogens with zero attached hydrogens (tertiary/aromatic N) is 1. The van der Waals surface area contributed by atoms with Gasteiger partial charge in [-0.15, -0.1) is 0 Å². The molecule has 0 fully saturated rings. The van der Waals surface area contributed by atoms with Crippen molar-refractivity contribution < 1.29 is 28.6 Å². The lowest BCUT2D eigenvalue weighted by atomic mass is 10.0. The maximum absolute atomic E-state index is 12.8. The molecular formula is C53H103NO6. The summed E-state index contributed by atoms with van der Waals surface area (Å²) in [7, 11) is 2.13. The molecule has 0 aromatic rings. The molecule has 0 aromatic carbocycles. The second-order valence-electron chi connectivity index (χ2n) is 18.8. The highest BCUT2D eigenvalue weighted by molar-refractivity contribution is 5.70. The Balaban J connectivity index is 4.00. The third-order valence-corrected chi connectivity index (χ3v) is 13.2. The average Bonchev–Trinajstić information content (AvgIpc) is 3.23. The van der Waals surface area contributed by atoms with E-state index in [9.17, 15) is 14.4 Å². The zero-order valence-corrected chi connectivity index (χ0v) is 41.3. The average molecular weight is 850 g/mol. The molecule has 0 aromatic heterocycles. The van der Waals surface area contributed by atoms with Crippen molar-refractivity contribution in [1.29, 1.82) is 0 Å². The SMILES string of the molecule is CCC(CC)COC(=O)CCCCCCCCCCCCCCCCC(CCCCCCCCCCCCCCC(=O)OCC(CC)CC)OC(=O)CCCN(C)C(C)C. The van der Waals surface area contributed by atoms with Crippen molar-refractivity contribution in [3.05, 3.63) is 0 Å². The predicted molar refractivity (Wildman–Crippen MR) is 255 cm³/mol. The Bertz CT molecular complexity index is 948. The van der Waals surface area contributed by atoms with Gasteiger partial charge in [0, 0.05) is 25.3 Å². The molecule has 7 nitrogen and oxygen atoms in total. The van der Waals surface area contributed by atoms with Gasteiger partial charge in [-0.3, -0.25) is 14.4 Å². The van der Waals surface area contributed by atoms with E-state index >= 15 is 0 Å². The fraction of sp³-hybridized carbons (Fsp3) is 0.943. The normalized spacial score (nSPS) is 12.2. The fourth-order valence-corrected chi connectivity index (χ4v) is 8.02. The Hall–Kier alpha value is -1.63.